The molecule has 2 atom stereocenters. The van der Waals surface area contributed by atoms with Gasteiger partial charge in [0.25, 0.3) is 0 Å². The monoisotopic (exact) mass is 301 g/mol. The van der Waals surface area contributed by atoms with Crippen molar-refractivity contribution in [3.8, 4) is 5.75 Å². The van der Waals surface area contributed by atoms with Crippen LogP contribution in [0.5, 0.6) is 5.75 Å². The number of aromatic nitrogens is 3. The van der Waals surface area contributed by atoms with Gasteiger partial charge >= 0.3 is 6.03 Å². The predicted molar refractivity (Wildman–Crippen MR) is 80.4 cm³/mol. The highest BCUT2D eigenvalue weighted by Gasteiger charge is 2.23. The number of rotatable bonds is 3. The van der Waals surface area contributed by atoms with Crippen LogP contribution in [-0.4, -0.2) is 27.4 Å². The topological polar surface area (TPSA) is 81.1 Å². The molecule has 0 aliphatic carbocycles. The third kappa shape index (κ3) is 2.88. The zero-order valence-corrected chi connectivity index (χ0v) is 12.6. The summed E-state index contributed by atoms with van der Waals surface area (Å²) >= 11 is 0. The molecule has 7 nitrogen and oxygen atoms in total. The van der Waals surface area contributed by atoms with Crippen LogP contribution in [0, 0.1) is 0 Å². The second-order valence-corrected chi connectivity index (χ2v) is 5.37. The second kappa shape index (κ2) is 6.05. The second-order valence-electron chi connectivity index (χ2n) is 5.37. The molecular weight excluding hydrogens is 282 g/mol. The van der Waals surface area contributed by atoms with Crippen molar-refractivity contribution in [1.29, 1.82) is 0 Å². The number of benzene rings is 1. The van der Waals surface area contributed by atoms with E-state index in [1.54, 1.807) is 10.9 Å². The van der Waals surface area contributed by atoms with Crippen LogP contribution in [-0.2, 0) is 7.05 Å². The molecule has 2 heterocycles. The van der Waals surface area contributed by atoms with Gasteiger partial charge in [-0.3, -0.25) is 0 Å². The molecule has 2 unspecified atom stereocenters. The molecule has 1 aromatic heterocycles. The van der Waals surface area contributed by atoms with Crippen molar-refractivity contribution < 1.29 is 9.53 Å². The standard InChI is InChI=1S/C15H19N5O2/c1-10(14-19-16-9-20(14)2)17-15(21)18-12-7-8-22-13-6-4-3-5-11(12)13/h3-6,9-10,12H,7-8H2,1-2H3,(H2,17,18,21). The third-order valence-electron chi connectivity index (χ3n) is 3.75. The van der Waals surface area contributed by atoms with Gasteiger partial charge in [0.05, 0.1) is 18.7 Å². The highest BCUT2D eigenvalue weighted by molar-refractivity contribution is 5.75. The third-order valence-corrected chi connectivity index (χ3v) is 3.75. The van der Waals surface area contributed by atoms with Crippen molar-refractivity contribution in [3.63, 3.8) is 0 Å². The van der Waals surface area contributed by atoms with Crippen molar-refractivity contribution in [2.24, 2.45) is 7.05 Å². The maximum absolute atomic E-state index is 12.2. The van der Waals surface area contributed by atoms with E-state index in [2.05, 4.69) is 20.8 Å². The lowest BCUT2D eigenvalue weighted by Crippen LogP contribution is -2.41. The van der Waals surface area contributed by atoms with Crippen molar-refractivity contribution in [3.05, 3.63) is 42.0 Å². The van der Waals surface area contributed by atoms with Crippen molar-refractivity contribution in [2.75, 3.05) is 6.61 Å². The first-order valence-corrected chi connectivity index (χ1v) is 7.28. The molecular formula is C15H19N5O2. The molecule has 0 radical (unpaired) electrons. The molecule has 0 saturated carbocycles. The van der Waals surface area contributed by atoms with Crippen LogP contribution in [0.3, 0.4) is 0 Å². The highest BCUT2D eigenvalue weighted by Crippen LogP contribution is 2.31. The summed E-state index contributed by atoms with van der Waals surface area (Å²) in [4.78, 5) is 12.2. The number of carbonyl (C=O) groups is 1. The number of nitrogens with zero attached hydrogens (tertiary/aromatic N) is 3. The van der Waals surface area contributed by atoms with Crippen molar-refractivity contribution in [2.45, 2.75) is 25.4 Å². The average molecular weight is 301 g/mol. The molecule has 7 heteroatoms. The minimum absolute atomic E-state index is 0.0448. The Bertz CT molecular complexity index is 669. The number of ether oxygens (including phenoxy) is 1. The van der Waals surface area contributed by atoms with Crippen LogP contribution >= 0.6 is 0 Å². The van der Waals surface area contributed by atoms with Crippen LogP contribution in [0.25, 0.3) is 0 Å². The Kier molecular flexibility index (Phi) is 3.95. The Morgan fingerprint density at radius 3 is 3.05 bits per heavy atom. The maximum atomic E-state index is 12.2. The molecule has 0 bridgehead atoms. The number of hydrogen-bond donors (Lipinski definition) is 2. The number of urea groups is 1. The first-order chi connectivity index (χ1) is 10.6. The van der Waals surface area contributed by atoms with E-state index in [0.29, 0.717) is 12.4 Å². The van der Waals surface area contributed by atoms with E-state index < -0.39 is 0 Å². The quantitative estimate of drug-likeness (QED) is 0.904. The Hall–Kier alpha value is -2.57. The van der Waals surface area contributed by atoms with E-state index in [4.69, 9.17) is 4.74 Å². The molecule has 0 saturated heterocycles. The van der Waals surface area contributed by atoms with Crippen molar-refractivity contribution in [1.82, 2.24) is 25.4 Å². The summed E-state index contributed by atoms with van der Waals surface area (Å²) in [6.07, 6.45) is 2.36. The van der Waals surface area contributed by atoms with Gasteiger partial charge < -0.3 is 19.9 Å². The summed E-state index contributed by atoms with van der Waals surface area (Å²) in [6, 6.07) is 7.28. The van der Waals surface area contributed by atoms with E-state index in [1.165, 1.54) is 0 Å². The average Bonchev–Trinajstić information content (AvgIpc) is 2.94. The van der Waals surface area contributed by atoms with Gasteiger partial charge in [-0.2, -0.15) is 0 Å². The lowest BCUT2D eigenvalue weighted by molar-refractivity contribution is 0.220. The minimum atomic E-state index is -0.225. The molecule has 2 aromatic rings. The molecule has 1 aliphatic heterocycles. The van der Waals surface area contributed by atoms with Crippen LogP contribution in [0.15, 0.2) is 30.6 Å². The Morgan fingerprint density at radius 2 is 2.27 bits per heavy atom. The van der Waals surface area contributed by atoms with Gasteiger partial charge in [-0.05, 0) is 13.0 Å². The smallest absolute Gasteiger partial charge is 0.315 e. The van der Waals surface area contributed by atoms with E-state index in [0.717, 1.165) is 17.7 Å². The minimum Gasteiger partial charge on any atom is -0.493 e. The number of para-hydroxylation sites is 1. The summed E-state index contributed by atoms with van der Waals surface area (Å²) in [5.74, 6) is 1.54. The molecule has 116 valence electrons. The molecule has 3 rings (SSSR count). The van der Waals surface area contributed by atoms with E-state index in [9.17, 15) is 4.79 Å². The van der Waals surface area contributed by atoms with Gasteiger partial charge in [0.1, 0.15) is 12.1 Å². The number of hydrogen-bond acceptors (Lipinski definition) is 4. The largest absolute Gasteiger partial charge is 0.493 e. The number of amides is 2. The number of aryl methyl sites for hydroxylation is 1. The van der Waals surface area contributed by atoms with Gasteiger partial charge in [-0.15, -0.1) is 10.2 Å². The fourth-order valence-corrected chi connectivity index (χ4v) is 2.64. The summed E-state index contributed by atoms with van der Waals surface area (Å²) in [6.45, 7) is 2.47. The first-order valence-electron chi connectivity index (χ1n) is 7.28. The van der Waals surface area contributed by atoms with Gasteiger partial charge in [0.15, 0.2) is 5.82 Å². The molecule has 2 N–H and O–H groups in total. The van der Waals surface area contributed by atoms with Gasteiger partial charge in [0.2, 0.25) is 0 Å². The zero-order chi connectivity index (χ0) is 15.5. The Balaban J connectivity index is 1.64. The molecule has 0 spiro atoms. The van der Waals surface area contributed by atoms with Crippen LogP contribution in [0.1, 0.15) is 36.8 Å². The van der Waals surface area contributed by atoms with E-state index >= 15 is 0 Å². The highest BCUT2D eigenvalue weighted by atomic mass is 16.5. The summed E-state index contributed by atoms with van der Waals surface area (Å²) in [5.41, 5.74) is 1.01. The van der Waals surface area contributed by atoms with Gasteiger partial charge in [0, 0.05) is 19.0 Å². The normalized spacial score (nSPS) is 18.0. The van der Waals surface area contributed by atoms with Crippen LogP contribution < -0.4 is 15.4 Å². The number of nitrogens with one attached hydrogen (secondary N) is 2. The fourth-order valence-electron chi connectivity index (χ4n) is 2.64. The van der Waals surface area contributed by atoms with Crippen LogP contribution in [0.4, 0.5) is 4.79 Å². The summed E-state index contributed by atoms with van der Waals surface area (Å²) in [5, 5.41) is 13.7. The van der Waals surface area contributed by atoms with E-state index in [-0.39, 0.29) is 18.1 Å². The summed E-state index contributed by atoms with van der Waals surface area (Å²) in [7, 11) is 1.85. The Morgan fingerprint density at radius 1 is 1.45 bits per heavy atom. The molecule has 2 amide bonds. The molecule has 1 aromatic carbocycles. The van der Waals surface area contributed by atoms with Gasteiger partial charge in [-0.25, -0.2) is 4.79 Å². The summed E-state index contributed by atoms with van der Waals surface area (Å²) < 4.78 is 7.38. The lowest BCUT2D eigenvalue weighted by atomic mass is 10.0. The first kappa shape index (κ1) is 14.4. The van der Waals surface area contributed by atoms with Crippen LogP contribution in [0.2, 0.25) is 0 Å². The fraction of sp³-hybridized carbons (Fsp3) is 0.400. The van der Waals surface area contributed by atoms with E-state index in [1.807, 2.05) is 38.2 Å². The lowest BCUT2D eigenvalue weighted by Gasteiger charge is -2.27. The molecule has 1 aliphatic rings. The van der Waals surface area contributed by atoms with Gasteiger partial charge in [-0.1, -0.05) is 18.2 Å². The molecule has 0 fully saturated rings. The number of carbonyl (C=O) groups excluding carboxylic acids is 1. The number of fused-ring (bicyclic) bond motifs is 1. The van der Waals surface area contributed by atoms with Crippen molar-refractivity contribution >= 4 is 6.03 Å². The Labute approximate surface area is 128 Å². The SMILES string of the molecule is CC(NC(=O)NC1CCOc2ccccc21)c1nncn1C. The predicted octanol–water partition coefficient (Wildman–Crippen LogP) is 1.70. The maximum Gasteiger partial charge on any atom is 0.315 e. The molecule has 22 heavy (non-hydrogen) atoms. The zero-order valence-electron chi connectivity index (χ0n) is 12.6.